The molecule has 1 N–H and O–H groups in total. The summed E-state index contributed by atoms with van der Waals surface area (Å²) in [6, 6.07) is 16.8. The van der Waals surface area contributed by atoms with Gasteiger partial charge in [-0.2, -0.15) is 4.98 Å². The van der Waals surface area contributed by atoms with Crippen LogP contribution < -0.4 is 20.5 Å². The zero-order valence-electron chi connectivity index (χ0n) is 20.9. The Morgan fingerprint density at radius 2 is 1.78 bits per heavy atom. The predicted molar refractivity (Wildman–Crippen MR) is 142 cm³/mol. The van der Waals surface area contributed by atoms with Gasteiger partial charge in [-0.3, -0.25) is 14.2 Å². The molecule has 0 radical (unpaired) electrons. The van der Waals surface area contributed by atoms with E-state index in [-0.39, 0.29) is 17.9 Å². The van der Waals surface area contributed by atoms with E-state index in [0.717, 1.165) is 17.1 Å². The highest BCUT2D eigenvalue weighted by molar-refractivity contribution is 5.78. The lowest BCUT2D eigenvalue weighted by atomic mass is 10.2. The molecule has 10 nitrogen and oxygen atoms in total. The standard InChI is InChI=1S/C27H29N7O3/c1-19-17-24(30-20-7-9-21(37-2)10-8-20)31-27(29-19)33-15-13-32(14-16-33)25(35)11-12-34-18-28-23-6-4-3-5-22(23)26(34)36/h3-10,17-18H,11-16H2,1-2H3,(H,29,30,31). The number of fused-ring (bicyclic) bond motifs is 1. The minimum absolute atomic E-state index is 0.0201. The molecular formula is C27H29N7O3. The average Bonchev–Trinajstić information content (AvgIpc) is 2.93. The Morgan fingerprint density at radius 1 is 1.03 bits per heavy atom. The van der Waals surface area contributed by atoms with Gasteiger partial charge in [0.05, 0.1) is 24.3 Å². The number of anilines is 3. The van der Waals surface area contributed by atoms with Gasteiger partial charge in [-0.25, -0.2) is 9.97 Å². The number of aryl methyl sites for hydroxylation is 2. The summed E-state index contributed by atoms with van der Waals surface area (Å²) in [4.78, 5) is 43.1. The van der Waals surface area contributed by atoms with E-state index in [2.05, 4.69) is 20.2 Å². The highest BCUT2D eigenvalue weighted by Crippen LogP contribution is 2.21. The van der Waals surface area contributed by atoms with Crippen molar-refractivity contribution in [1.82, 2.24) is 24.4 Å². The maximum atomic E-state index is 12.9. The molecule has 0 saturated carbocycles. The molecule has 0 unspecified atom stereocenters. The molecule has 1 aliphatic rings. The molecule has 0 atom stereocenters. The van der Waals surface area contributed by atoms with Crippen molar-refractivity contribution in [2.45, 2.75) is 19.9 Å². The van der Waals surface area contributed by atoms with Crippen LogP contribution in [0, 0.1) is 6.92 Å². The highest BCUT2D eigenvalue weighted by Gasteiger charge is 2.23. The molecule has 1 saturated heterocycles. The molecule has 0 bridgehead atoms. The van der Waals surface area contributed by atoms with Crippen molar-refractivity contribution in [3.63, 3.8) is 0 Å². The molecule has 1 fully saturated rings. The first-order chi connectivity index (χ1) is 18.0. The molecule has 1 amide bonds. The SMILES string of the molecule is COc1ccc(Nc2cc(C)nc(N3CCN(C(=O)CCn4cnc5ccccc5c4=O)CC3)n2)cc1. The number of benzene rings is 2. The Balaban J connectivity index is 1.18. The first-order valence-electron chi connectivity index (χ1n) is 12.2. The van der Waals surface area contributed by atoms with E-state index in [1.54, 1.807) is 13.2 Å². The Labute approximate surface area is 214 Å². The Morgan fingerprint density at radius 3 is 2.54 bits per heavy atom. The van der Waals surface area contributed by atoms with Crippen molar-refractivity contribution in [3.8, 4) is 5.75 Å². The quantitative estimate of drug-likeness (QED) is 0.414. The molecule has 37 heavy (non-hydrogen) atoms. The number of para-hydroxylation sites is 1. The van der Waals surface area contributed by atoms with E-state index < -0.39 is 0 Å². The first-order valence-corrected chi connectivity index (χ1v) is 12.2. The minimum Gasteiger partial charge on any atom is -0.497 e. The predicted octanol–water partition coefficient (Wildman–Crippen LogP) is 2.99. The Hall–Kier alpha value is -4.47. The number of methoxy groups -OCH3 is 1. The van der Waals surface area contributed by atoms with Crippen LogP contribution >= 0.6 is 0 Å². The topological polar surface area (TPSA) is 105 Å². The maximum Gasteiger partial charge on any atom is 0.261 e. The van der Waals surface area contributed by atoms with Crippen LogP contribution in [0.5, 0.6) is 5.75 Å². The normalized spacial score (nSPS) is 13.6. The van der Waals surface area contributed by atoms with Gasteiger partial charge in [0.2, 0.25) is 11.9 Å². The number of aromatic nitrogens is 4. The minimum atomic E-state index is -0.126. The van der Waals surface area contributed by atoms with Gasteiger partial charge in [-0.05, 0) is 43.3 Å². The molecule has 0 spiro atoms. The molecule has 4 aromatic rings. The average molecular weight is 500 g/mol. The number of rotatable bonds is 7. The van der Waals surface area contributed by atoms with E-state index in [9.17, 15) is 9.59 Å². The number of hydrogen-bond acceptors (Lipinski definition) is 8. The zero-order valence-corrected chi connectivity index (χ0v) is 20.9. The molecule has 2 aromatic carbocycles. The third-order valence-corrected chi connectivity index (χ3v) is 6.42. The van der Waals surface area contributed by atoms with E-state index in [1.165, 1.54) is 10.9 Å². The molecular weight excluding hydrogens is 470 g/mol. The summed E-state index contributed by atoms with van der Waals surface area (Å²) in [5.41, 5.74) is 2.29. The van der Waals surface area contributed by atoms with Crippen LogP contribution in [0.1, 0.15) is 12.1 Å². The number of amides is 1. The van der Waals surface area contributed by atoms with Gasteiger partial charge >= 0.3 is 0 Å². The fourth-order valence-corrected chi connectivity index (χ4v) is 4.38. The van der Waals surface area contributed by atoms with Crippen molar-refractivity contribution in [1.29, 1.82) is 0 Å². The number of nitrogens with one attached hydrogen (secondary N) is 1. The summed E-state index contributed by atoms with van der Waals surface area (Å²) in [5, 5.41) is 3.88. The van der Waals surface area contributed by atoms with Gasteiger partial charge in [-0.1, -0.05) is 12.1 Å². The van der Waals surface area contributed by atoms with Gasteiger partial charge in [0.25, 0.3) is 5.56 Å². The van der Waals surface area contributed by atoms with Crippen LogP contribution in [0.2, 0.25) is 0 Å². The van der Waals surface area contributed by atoms with E-state index in [1.807, 2.05) is 60.4 Å². The fourth-order valence-electron chi connectivity index (χ4n) is 4.38. The Bertz CT molecular complexity index is 1460. The molecule has 190 valence electrons. The van der Waals surface area contributed by atoms with Crippen LogP contribution in [0.25, 0.3) is 10.9 Å². The lowest BCUT2D eigenvalue weighted by Gasteiger charge is -2.35. The number of ether oxygens (including phenoxy) is 1. The summed E-state index contributed by atoms with van der Waals surface area (Å²) >= 11 is 0. The van der Waals surface area contributed by atoms with Crippen molar-refractivity contribution in [2.24, 2.45) is 0 Å². The fraction of sp³-hybridized carbons (Fsp3) is 0.296. The van der Waals surface area contributed by atoms with E-state index in [4.69, 9.17) is 9.72 Å². The first kappa shape index (κ1) is 24.2. The van der Waals surface area contributed by atoms with Gasteiger partial charge in [0.1, 0.15) is 11.6 Å². The highest BCUT2D eigenvalue weighted by atomic mass is 16.5. The second-order valence-electron chi connectivity index (χ2n) is 8.93. The lowest BCUT2D eigenvalue weighted by molar-refractivity contribution is -0.131. The van der Waals surface area contributed by atoms with Crippen molar-refractivity contribution < 1.29 is 9.53 Å². The summed E-state index contributed by atoms with van der Waals surface area (Å²) in [6.45, 7) is 4.65. The third kappa shape index (κ3) is 5.53. The van der Waals surface area contributed by atoms with Crippen molar-refractivity contribution in [2.75, 3.05) is 43.5 Å². The van der Waals surface area contributed by atoms with E-state index >= 15 is 0 Å². The monoisotopic (exact) mass is 499 g/mol. The number of carbonyl (C=O) groups excluding carboxylic acids is 1. The second kappa shape index (κ2) is 10.7. The van der Waals surface area contributed by atoms with Gasteiger partial charge in [0.15, 0.2) is 0 Å². The van der Waals surface area contributed by atoms with Crippen molar-refractivity contribution >= 4 is 34.3 Å². The summed E-state index contributed by atoms with van der Waals surface area (Å²) in [7, 11) is 1.64. The molecule has 0 aliphatic carbocycles. The van der Waals surface area contributed by atoms with Crippen LogP contribution in [-0.2, 0) is 11.3 Å². The third-order valence-electron chi connectivity index (χ3n) is 6.42. The maximum absolute atomic E-state index is 12.9. The van der Waals surface area contributed by atoms with Crippen molar-refractivity contribution in [3.05, 3.63) is 77.0 Å². The lowest BCUT2D eigenvalue weighted by Crippen LogP contribution is -2.49. The zero-order chi connectivity index (χ0) is 25.8. The molecule has 3 heterocycles. The second-order valence-corrected chi connectivity index (χ2v) is 8.93. The molecule has 1 aliphatic heterocycles. The van der Waals surface area contributed by atoms with Gasteiger partial charge in [-0.15, -0.1) is 0 Å². The van der Waals surface area contributed by atoms with E-state index in [0.29, 0.717) is 55.4 Å². The van der Waals surface area contributed by atoms with Gasteiger partial charge < -0.3 is 19.9 Å². The molecule has 5 rings (SSSR count). The molecule has 2 aromatic heterocycles. The van der Waals surface area contributed by atoms with Crippen LogP contribution in [0.4, 0.5) is 17.5 Å². The number of nitrogens with zero attached hydrogens (tertiary/aromatic N) is 6. The Kier molecular flexibility index (Phi) is 6.98. The summed E-state index contributed by atoms with van der Waals surface area (Å²) < 4.78 is 6.72. The summed E-state index contributed by atoms with van der Waals surface area (Å²) in [5.74, 6) is 2.16. The smallest absolute Gasteiger partial charge is 0.261 e. The van der Waals surface area contributed by atoms with Crippen LogP contribution in [0.3, 0.4) is 0 Å². The van der Waals surface area contributed by atoms with Gasteiger partial charge in [0, 0.05) is 56.6 Å². The molecule has 10 heteroatoms. The van der Waals surface area contributed by atoms with Crippen LogP contribution in [-0.4, -0.2) is 63.6 Å². The number of hydrogen-bond donors (Lipinski definition) is 1. The summed E-state index contributed by atoms with van der Waals surface area (Å²) in [6.07, 6.45) is 1.76. The van der Waals surface area contributed by atoms with Crippen LogP contribution in [0.15, 0.2) is 65.7 Å². The number of piperazine rings is 1. The number of carbonyl (C=O) groups is 1. The largest absolute Gasteiger partial charge is 0.497 e.